The summed E-state index contributed by atoms with van der Waals surface area (Å²) in [7, 11) is 0. The molecule has 9 atom stereocenters. The van der Waals surface area contributed by atoms with E-state index in [1.165, 1.54) is 13.8 Å². The number of hydrogen-bond donors (Lipinski definition) is 13. The van der Waals surface area contributed by atoms with Gasteiger partial charge in [-0.1, -0.05) is 119 Å². The van der Waals surface area contributed by atoms with Crippen molar-refractivity contribution in [1.82, 2.24) is 42.5 Å². The lowest BCUT2D eigenvalue weighted by molar-refractivity contribution is -0.145. The largest absolute Gasteiger partial charge is 0.481 e. The molecule has 0 fully saturated rings. The third-order valence-corrected chi connectivity index (χ3v) is 11.7. The van der Waals surface area contributed by atoms with Gasteiger partial charge in [0.15, 0.2) is 0 Å². The topological polar surface area (TPSA) is 391 Å². The van der Waals surface area contributed by atoms with E-state index in [1.807, 2.05) is 6.07 Å². The molecule has 0 aliphatic heterocycles. The fourth-order valence-corrected chi connectivity index (χ4v) is 7.55. The number of nitrogens with one attached hydrogen (secondary N) is 8. The predicted octanol–water partition coefficient (Wildman–Crippen LogP) is -1.33. The quantitative estimate of drug-likeness (QED) is 0.0355. The minimum atomic E-state index is -1.89. The molecule has 0 saturated carbocycles. The zero-order chi connectivity index (χ0) is 56.6. The lowest BCUT2D eigenvalue weighted by atomic mass is 10.0. The minimum Gasteiger partial charge on any atom is -0.481 e. The third-order valence-electron chi connectivity index (χ3n) is 11.7. The fourth-order valence-electron chi connectivity index (χ4n) is 7.55. The molecule has 76 heavy (non-hydrogen) atoms. The van der Waals surface area contributed by atoms with Crippen LogP contribution in [0.1, 0.15) is 70.6 Å². The van der Waals surface area contributed by atoms with E-state index in [-0.39, 0.29) is 19.3 Å². The Bertz CT molecular complexity index is 2480. The van der Waals surface area contributed by atoms with Crippen molar-refractivity contribution >= 4 is 65.2 Å². The molecular formula is C52H69N9O15. The van der Waals surface area contributed by atoms with Crippen LogP contribution in [0.3, 0.4) is 0 Å². The van der Waals surface area contributed by atoms with E-state index in [4.69, 9.17) is 5.73 Å². The molecule has 3 aromatic rings. The van der Waals surface area contributed by atoms with Crippen LogP contribution in [0.5, 0.6) is 0 Å². The maximum absolute atomic E-state index is 14.4. The first-order chi connectivity index (χ1) is 35.9. The van der Waals surface area contributed by atoms with Gasteiger partial charge in [-0.05, 0) is 48.3 Å². The van der Waals surface area contributed by atoms with Gasteiger partial charge in [-0.25, -0.2) is 4.79 Å². The van der Waals surface area contributed by atoms with Crippen molar-refractivity contribution in [2.24, 2.45) is 17.6 Å². The Balaban J connectivity index is 1.87. The van der Waals surface area contributed by atoms with Gasteiger partial charge in [0.2, 0.25) is 47.3 Å². The molecular weight excluding hydrogens is 991 g/mol. The third kappa shape index (κ3) is 21.3. The van der Waals surface area contributed by atoms with Crippen molar-refractivity contribution in [1.29, 1.82) is 0 Å². The second-order valence-electron chi connectivity index (χ2n) is 18.8. The summed E-state index contributed by atoms with van der Waals surface area (Å²) in [6.45, 7) is 6.66. The Morgan fingerprint density at radius 2 is 0.855 bits per heavy atom. The average molecular weight is 1060 g/mol. The van der Waals surface area contributed by atoms with Gasteiger partial charge >= 0.3 is 17.9 Å². The molecule has 0 bridgehead atoms. The Kier molecular flexibility index (Phi) is 25.2. The van der Waals surface area contributed by atoms with Gasteiger partial charge in [-0.2, -0.15) is 0 Å². The van der Waals surface area contributed by atoms with E-state index in [0.29, 0.717) is 11.1 Å². The Morgan fingerprint density at radius 1 is 0.447 bits per heavy atom. The van der Waals surface area contributed by atoms with Gasteiger partial charge in [0, 0.05) is 19.3 Å². The second-order valence-corrected chi connectivity index (χ2v) is 18.8. The van der Waals surface area contributed by atoms with Crippen molar-refractivity contribution in [3.8, 4) is 0 Å². The average Bonchev–Trinajstić information content (AvgIpc) is 3.36. The number of rotatable bonds is 31. The first-order valence-electron chi connectivity index (χ1n) is 24.5. The van der Waals surface area contributed by atoms with Crippen LogP contribution in [-0.2, 0) is 72.0 Å². The Labute approximate surface area is 439 Å². The lowest BCUT2D eigenvalue weighted by Gasteiger charge is -2.28. The van der Waals surface area contributed by atoms with E-state index >= 15 is 0 Å². The van der Waals surface area contributed by atoms with E-state index in [1.54, 1.807) is 98.8 Å². The van der Waals surface area contributed by atoms with Crippen molar-refractivity contribution in [2.75, 3.05) is 6.54 Å². The van der Waals surface area contributed by atoms with Crippen LogP contribution >= 0.6 is 0 Å². The molecule has 8 amide bonds. The minimum absolute atomic E-state index is 0.186. The summed E-state index contributed by atoms with van der Waals surface area (Å²) in [6.07, 6.45) is -4.14. The molecule has 0 saturated heterocycles. The highest BCUT2D eigenvalue weighted by Gasteiger charge is 2.37. The fraction of sp³-hybridized carbons (Fsp3) is 0.442. The number of carboxylic acids is 3. The zero-order valence-electron chi connectivity index (χ0n) is 42.8. The van der Waals surface area contributed by atoms with Crippen molar-refractivity contribution in [3.05, 3.63) is 108 Å². The van der Waals surface area contributed by atoms with Crippen LogP contribution < -0.4 is 48.3 Å². The standard InChI is InChI=1S/C52H69N9O15/c1-28(2)42(59-45(68)34(53)23-31-15-9-6-10-16-31)50(73)54-27-39(63)55-35(21-22-40(64)65)46(69)56-36(24-32-17-11-7-12-18-32)47(70)57-37(25-33-19-13-8-14-20-33)48(71)61-44(30(5)62)51(74)58-38(26-41(66)67)49(72)60-43(29(3)4)52(75)76/h6-20,28-30,34-38,42-44,62H,21-27,53H2,1-5H3,(H,54,73)(H,55,63)(H,56,69)(H,57,70)(H,58,74)(H,59,68)(H,60,72)(H,61,71)(H,64,65)(H,66,67)(H,75,76)/t30-,34+,35+,36+,37+,38+,42+,43+,44+/m1/s1. The summed E-state index contributed by atoms with van der Waals surface area (Å²) < 4.78 is 0. The van der Waals surface area contributed by atoms with Crippen LogP contribution in [0.4, 0.5) is 0 Å². The molecule has 0 radical (unpaired) electrons. The van der Waals surface area contributed by atoms with Gasteiger partial charge in [-0.3, -0.25) is 47.9 Å². The summed E-state index contributed by atoms with van der Waals surface area (Å²) in [6, 6.07) is 13.3. The number of aliphatic carboxylic acids is 3. The molecule has 0 spiro atoms. The summed E-state index contributed by atoms with van der Waals surface area (Å²) in [5.74, 6) is -13.3. The number of amides is 8. The van der Waals surface area contributed by atoms with E-state index < -0.39 is 157 Å². The molecule has 3 aromatic carbocycles. The van der Waals surface area contributed by atoms with E-state index in [9.17, 15) is 73.2 Å². The monoisotopic (exact) mass is 1060 g/mol. The Morgan fingerprint density at radius 3 is 1.29 bits per heavy atom. The second kappa shape index (κ2) is 30.8. The smallest absolute Gasteiger partial charge is 0.326 e. The first-order valence-corrected chi connectivity index (χ1v) is 24.5. The number of aliphatic hydroxyl groups excluding tert-OH is 1. The van der Waals surface area contributed by atoms with Crippen molar-refractivity contribution in [2.45, 2.75) is 128 Å². The van der Waals surface area contributed by atoms with Crippen LogP contribution in [0, 0.1) is 11.8 Å². The first kappa shape index (κ1) is 62.0. The molecule has 0 unspecified atom stereocenters. The lowest BCUT2D eigenvalue weighted by Crippen LogP contribution is -2.62. The molecule has 24 nitrogen and oxygen atoms in total. The van der Waals surface area contributed by atoms with Crippen LogP contribution in [0.25, 0.3) is 0 Å². The van der Waals surface area contributed by atoms with E-state index in [0.717, 1.165) is 12.5 Å². The summed E-state index contributed by atoms with van der Waals surface area (Å²) >= 11 is 0. The maximum atomic E-state index is 14.4. The number of carbonyl (C=O) groups is 11. The van der Waals surface area contributed by atoms with Gasteiger partial charge in [0.05, 0.1) is 25.1 Å². The molecule has 0 aromatic heterocycles. The van der Waals surface area contributed by atoms with Gasteiger partial charge in [0.25, 0.3) is 0 Å². The summed E-state index contributed by atoms with van der Waals surface area (Å²) in [5, 5.41) is 58.6. The number of carboxylic acid groups (broad SMARTS) is 3. The summed E-state index contributed by atoms with van der Waals surface area (Å²) in [5.41, 5.74) is 7.90. The summed E-state index contributed by atoms with van der Waals surface area (Å²) in [4.78, 5) is 144. The SMILES string of the molecule is CC(C)[C@H](NC(=O)[C@H](CC(=O)O)NC(=O)[C@@H](NC(=O)[C@H](Cc1ccccc1)NC(=O)[C@H](Cc1ccccc1)NC(=O)[C@H](CCC(=O)O)NC(=O)CNC(=O)[C@@H](NC(=O)[C@@H](N)Cc1ccccc1)C(C)C)[C@@H](C)O)C(=O)O. The molecule has 412 valence electrons. The molecule has 0 aliphatic carbocycles. The van der Waals surface area contributed by atoms with Crippen LogP contribution in [0.2, 0.25) is 0 Å². The van der Waals surface area contributed by atoms with Gasteiger partial charge in [0.1, 0.15) is 42.3 Å². The van der Waals surface area contributed by atoms with Crippen LogP contribution in [0.15, 0.2) is 91.0 Å². The van der Waals surface area contributed by atoms with Gasteiger partial charge in [-0.15, -0.1) is 0 Å². The van der Waals surface area contributed by atoms with Crippen LogP contribution in [-0.4, -0.2) is 147 Å². The number of nitrogens with two attached hydrogens (primary N) is 1. The van der Waals surface area contributed by atoms with Gasteiger partial charge < -0.3 is 68.7 Å². The maximum Gasteiger partial charge on any atom is 0.326 e. The predicted molar refractivity (Wildman–Crippen MR) is 273 cm³/mol. The highest BCUT2D eigenvalue weighted by molar-refractivity contribution is 5.98. The molecule has 24 heteroatoms. The Hall–Kier alpha value is -8.25. The number of aliphatic hydroxyl groups is 1. The molecule has 14 N–H and O–H groups in total. The highest BCUT2D eigenvalue weighted by atomic mass is 16.4. The van der Waals surface area contributed by atoms with Crippen molar-refractivity contribution < 1.29 is 73.2 Å². The molecule has 0 aliphatic rings. The van der Waals surface area contributed by atoms with Crippen molar-refractivity contribution in [3.63, 3.8) is 0 Å². The normalized spacial score (nSPS) is 14.6. The number of hydrogen-bond acceptors (Lipinski definition) is 13. The zero-order valence-corrected chi connectivity index (χ0v) is 42.8. The highest BCUT2D eigenvalue weighted by Crippen LogP contribution is 2.11. The van der Waals surface area contributed by atoms with E-state index in [2.05, 4.69) is 42.5 Å². The molecule has 0 heterocycles. The number of carbonyl (C=O) groups excluding carboxylic acids is 8. The number of benzene rings is 3. The molecule has 3 rings (SSSR count).